The highest BCUT2D eigenvalue weighted by Gasteiger charge is 2.14. The Kier molecular flexibility index (Phi) is 3.71. The lowest BCUT2D eigenvalue weighted by Crippen LogP contribution is -2.35. The summed E-state index contributed by atoms with van der Waals surface area (Å²) in [7, 11) is 2.89. The molecule has 0 aromatic heterocycles. The van der Waals surface area contributed by atoms with Gasteiger partial charge in [-0.2, -0.15) is 0 Å². The minimum atomic E-state index is -0.921. The minimum Gasteiger partial charge on any atom is -0.497 e. The second kappa shape index (κ2) is 5.01. The van der Waals surface area contributed by atoms with Crippen molar-refractivity contribution in [3.05, 3.63) is 23.8 Å². The van der Waals surface area contributed by atoms with Crippen LogP contribution in [0.4, 0.5) is 4.79 Å². The second-order valence-corrected chi connectivity index (χ2v) is 2.88. The number of benzene rings is 1. The zero-order valence-corrected chi connectivity index (χ0v) is 8.94. The highest BCUT2D eigenvalue weighted by molar-refractivity contribution is 6.05. The van der Waals surface area contributed by atoms with Crippen molar-refractivity contribution in [3.63, 3.8) is 0 Å². The summed E-state index contributed by atoms with van der Waals surface area (Å²) in [5, 5.41) is 1.95. The Morgan fingerprint density at radius 1 is 1.25 bits per heavy atom. The third kappa shape index (κ3) is 2.63. The molecule has 0 radical (unpaired) electrons. The molecule has 0 atom stereocenters. The average Bonchev–Trinajstić information content (AvgIpc) is 2.27. The van der Waals surface area contributed by atoms with E-state index in [1.807, 2.05) is 5.32 Å². The van der Waals surface area contributed by atoms with Crippen molar-refractivity contribution in [2.75, 3.05) is 14.2 Å². The first-order valence-corrected chi connectivity index (χ1v) is 4.41. The normalized spacial score (nSPS) is 9.38. The van der Waals surface area contributed by atoms with Gasteiger partial charge in [0.15, 0.2) is 0 Å². The topological polar surface area (TPSA) is 90.7 Å². The van der Waals surface area contributed by atoms with Crippen LogP contribution in [0.5, 0.6) is 11.5 Å². The number of methoxy groups -OCH3 is 2. The molecule has 3 amide bonds. The maximum atomic E-state index is 11.6. The van der Waals surface area contributed by atoms with Crippen LogP contribution >= 0.6 is 0 Å². The smallest absolute Gasteiger partial charge is 0.319 e. The molecule has 0 fully saturated rings. The number of imide groups is 1. The van der Waals surface area contributed by atoms with Gasteiger partial charge in [0, 0.05) is 0 Å². The molecule has 16 heavy (non-hydrogen) atoms. The molecule has 1 rings (SSSR count). The molecule has 0 saturated carbocycles. The van der Waals surface area contributed by atoms with E-state index in [1.165, 1.54) is 20.3 Å². The molecule has 0 aliphatic heterocycles. The van der Waals surface area contributed by atoms with E-state index in [0.717, 1.165) is 0 Å². The summed E-state index contributed by atoms with van der Waals surface area (Å²) in [4.78, 5) is 22.1. The molecule has 1 aromatic carbocycles. The Balaban J connectivity index is 3.08. The fraction of sp³-hybridized carbons (Fsp3) is 0.200. The summed E-state index contributed by atoms with van der Waals surface area (Å²) in [6, 6.07) is 3.74. The number of hydrogen-bond acceptors (Lipinski definition) is 4. The van der Waals surface area contributed by atoms with Gasteiger partial charge in [0.1, 0.15) is 11.5 Å². The lowest BCUT2D eigenvalue weighted by molar-refractivity contribution is 0.0963. The first-order valence-electron chi connectivity index (χ1n) is 4.41. The molecule has 0 unspecified atom stereocenters. The molecule has 3 N–H and O–H groups in total. The van der Waals surface area contributed by atoms with Crippen molar-refractivity contribution < 1.29 is 19.1 Å². The van der Waals surface area contributed by atoms with Gasteiger partial charge in [-0.25, -0.2) is 4.79 Å². The summed E-state index contributed by atoms with van der Waals surface area (Å²) in [5.74, 6) is 0.179. The van der Waals surface area contributed by atoms with Gasteiger partial charge < -0.3 is 15.2 Å². The van der Waals surface area contributed by atoms with E-state index in [2.05, 4.69) is 0 Å². The van der Waals surface area contributed by atoms with Crippen LogP contribution in [0.2, 0.25) is 0 Å². The third-order valence-electron chi connectivity index (χ3n) is 1.89. The number of carbonyl (C=O) groups is 2. The first kappa shape index (κ1) is 11.8. The lowest BCUT2D eigenvalue weighted by Gasteiger charge is -2.09. The highest BCUT2D eigenvalue weighted by atomic mass is 16.5. The molecule has 0 bridgehead atoms. The number of carbonyl (C=O) groups excluding carboxylic acids is 2. The molecule has 0 aliphatic rings. The van der Waals surface area contributed by atoms with Gasteiger partial charge in [0.25, 0.3) is 5.91 Å². The molecule has 0 aliphatic carbocycles. The summed E-state index contributed by atoms with van der Waals surface area (Å²) in [6.07, 6.45) is 0. The number of hydrogen-bond donors (Lipinski definition) is 2. The molecular formula is C10H12N2O4. The van der Waals surface area contributed by atoms with E-state index >= 15 is 0 Å². The fourth-order valence-corrected chi connectivity index (χ4v) is 1.17. The van der Waals surface area contributed by atoms with Gasteiger partial charge in [-0.1, -0.05) is 0 Å². The number of ether oxygens (including phenoxy) is 2. The van der Waals surface area contributed by atoms with Crippen molar-refractivity contribution in [1.29, 1.82) is 0 Å². The second-order valence-electron chi connectivity index (χ2n) is 2.88. The summed E-state index contributed by atoms with van der Waals surface area (Å²) in [6.45, 7) is 0. The van der Waals surface area contributed by atoms with Crippen molar-refractivity contribution in [3.8, 4) is 11.5 Å². The maximum Gasteiger partial charge on any atom is 0.319 e. The van der Waals surface area contributed by atoms with E-state index < -0.39 is 11.9 Å². The third-order valence-corrected chi connectivity index (χ3v) is 1.89. The molecule has 0 heterocycles. The van der Waals surface area contributed by atoms with Crippen molar-refractivity contribution in [1.82, 2.24) is 5.32 Å². The van der Waals surface area contributed by atoms with Crippen molar-refractivity contribution in [2.24, 2.45) is 5.73 Å². The van der Waals surface area contributed by atoms with Gasteiger partial charge in [-0.15, -0.1) is 0 Å². The first-order chi connectivity index (χ1) is 7.58. The Morgan fingerprint density at radius 2 is 1.94 bits per heavy atom. The highest BCUT2D eigenvalue weighted by Crippen LogP contribution is 2.23. The monoisotopic (exact) mass is 224 g/mol. The molecule has 6 heteroatoms. The number of amides is 3. The van der Waals surface area contributed by atoms with Crippen molar-refractivity contribution in [2.45, 2.75) is 0 Å². The molecule has 0 saturated heterocycles. The molecule has 6 nitrogen and oxygen atoms in total. The standard InChI is InChI=1S/C10H12N2O4/c1-15-6-3-4-8(16-2)7(5-6)9(13)12-10(11)14/h3-5H,1-2H3,(H3,11,12,13,14). The average molecular weight is 224 g/mol. The van der Waals surface area contributed by atoms with Crippen LogP contribution in [0.1, 0.15) is 10.4 Å². The largest absolute Gasteiger partial charge is 0.497 e. The van der Waals surface area contributed by atoms with E-state index in [0.29, 0.717) is 11.5 Å². The quantitative estimate of drug-likeness (QED) is 0.782. The zero-order valence-electron chi connectivity index (χ0n) is 8.94. The van der Waals surface area contributed by atoms with Gasteiger partial charge in [-0.3, -0.25) is 10.1 Å². The van der Waals surface area contributed by atoms with E-state index in [9.17, 15) is 9.59 Å². The number of rotatable bonds is 3. The molecule has 86 valence electrons. The van der Waals surface area contributed by atoms with Crippen LogP contribution in [0.3, 0.4) is 0 Å². The van der Waals surface area contributed by atoms with Crippen LogP contribution < -0.4 is 20.5 Å². The van der Waals surface area contributed by atoms with Crippen LogP contribution in [-0.2, 0) is 0 Å². The summed E-state index contributed by atoms with van der Waals surface area (Å²) >= 11 is 0. The molecule has 0 spiro atoms. The molecular weight excluding hydrogens is 212 g/mol. The van der Waals surface area contributed by atoms with Gasteiger partial charge in [0.2, 0.25) is 0 Å². The number of primary amides is 1. The van der Waals surface area contributed by atoms with Crippen molar-refractivity contribution >= 4 is 11.9 Å². The predicted octanol–water partition coefficient (Wildman–Crippen LogP) is 0.512. The van der Waals surface area contributed by atoms with Crippen LogP contribution in [-0.4, -0.2) is 26.2 Å². The Hall–Kier alpha value is -2.24. The zero-order chi connectivity index (χ0) is 12.1. The number of nitrogens with one attached hydrogen (secondary N) is 1. The SMILES string of the molecule is COc1ccc(OC)c(C(=O)NC(N)=O)c1. The molecule has 1 aromatic rings. The predicted molar refractivity (Wildman–Crippen MR) is 56.6 cm³/mol. The van der Waals surface area contributed by atoms with Crippen LogP contribution in [0, 0.1) is 0 Å². The van der Waals surface area contributed by atoms with Gasteiger partial charge in [0.05, 0.1) is 19.8 Å². The van der Waals surface area contributed by atoms with Crippen LogP contribution in [0.15, 0.2) is 18.2 Å². The summed E-state index contributed by atoms with van der Waals surface area (Å²) in [5.41, 5.74) is 5.03. The van der Waals surface area contributed by atoms with Gasteiger partial charge >= 0.3 is 6.03 Å². The Bertz CT molecular complexity index is 417. The van der Waals surface area contributed by atoms with Gasteiger partial charge in [-0.05, 0) is 18.2 Å². The number of urea groups is 1. The fourth-order valence-electron chi connectivity index (χ4n) is 1.17. The lowest BCUT2D eigenvalue weighted by atomic mass is 10.1. The summed E-state index contributed by atoms with van der Waals surface area (Å²) < 4.78 is 9.94. The number of nitrogens with two attached hydrogens (primary N) is 1. The maximum absolute atomic E-state index is 11.6. The Labute approximate surface area is 92.3 Å². The Morgan fingerprint density at radius 3 is 2.44 bits per heavy atom. The van der Waals surface area contributed by atoms with E-state index in [-0.39, 0.29) is 5.56 Å². The van der Waals surface area contributed by atoms with Crippen LogP contribution in [0.25, 0.3) is 0 Å². The minimum absolute atomic E-state index is 0.181. The van der Waals surface area contributed by atoms with E-state index in [1.54, 1.807) is 12.1 Å². The van der Waals surface area contributed by atoms with E-state index in [4.69, 9.17) is 15.2 Å².